The first kappa shape index (κ1) is 11.6. The van der Waals surface area contributed by atoms with Crippen molar-refractivity contribution in [1.29, 1.82) is 5.26 Å². The molecule has 2 aromatic carbocycles. The molecular weight excluding hydrogens is 228 g/mol. The summed E-state index contributed by atoms with van der Waals surface area (Å²) >= 11 is 1.72. The van der Waals surface area contributed by atoms with Crippen LogP contribution in [0.2, 0.25) is 0 Å². The summed E-state index contributed by atoms with van der Waals surface area (Å²) in [6.07, 6.45) is 0. The molecule has 0 aliphatic rings. The zero-order chi connectivity index (χ0) is 12.1. The number of hydrogen-bond acceptors (Lipinski definition) is 3. The van der Waals surface area contributed by atoms with Crippen LogP contribution < -0.4 is 5.73 Å². The standard InChI is InChI=1S/C14H12N2S/c15-9-11-3-1-4-12(7-11)10-17-14-6-2-5-13(16)8-14/h1-8H,10,16H2. The van der Waals surface area contributed by atoms with Crippen LogP contribution >= 0.6 is 11.8 Å². The molecule has 0 atom stereocenters. The van der Waals surface area contributed by atoms with E-state index in [9.17, 15) is 0 Å². The minimum Gasteiger partial charge on any atom is -0.399 e. The fourth-order valence-corrected chi connectivity index (χ4v) is 2.41. The molecule has 2 N–H and O–H groups in total. The number of nitriles is 1. The van der Waals surface area contributed by atoms with E-state index >= 15 is 0 Å². The van der Waals surface area contributed by atoms with Crippen LogP contribution in [-0.4, -0.2) is 0 Å². The number of hydrogen-bond donors (Lipinski definition) is 1. The van der Waals surface area contributed by atoms with E-state index in [-0.39, 0.29) is 0 Å². The number of anilines is 1. The highest BCUT2D eigenvalue weighted by Gasteiger charge is 1.98. The van der Waals surface area contributed by atoms with Gasteiger partial charge in [0.05, 0.1) is 11.6 Å². The zero-order valence-electron chi connectivity index (χ0n) is 9.26. The van der Waals surface area contributed by atoms with Crippen molar-refractivity contribution >= 4 is 17.4 Å². The van der Waals surface area contributed by atoms with E-state index in [2.05, 4.69) is 6.07 Å². The minimum absolute atomic E-state index is 0.704. The third-order valence-corrected chi connectivity index (χ3v) is 3.38. The number of benzene rings is 2. The third-order valence-electron chi connectivity index (χ3n) is 2.32. The van der Waals surface area contributed by atoms with Gasteiger partial charge in [0.25, 0.3) is 0 Å². The van der Waals surface area contributed by atoms with E-state index in [0.717, 1.165) is 21.9 Å². The monoisotopic (exact) mass is 240 g/mol. The Balaban J connectivity index is 2.05. The topological polar surface area (TPSA) is 49.8 Å². The maximum Gasteiger partial charge on any atom is 0.0991 e. The lowest BCUT2D eigenvalue weighted by atomic mass is 10.2. The van der Waals surface area contributed by atoms with E-state index < -0.39 is 0 Å². The molecule has 0 saturated carbocycles. The molecule has 0 amide bonds. The van der Waals surface area contributed by atoms with Gasteiger partial charge in [-0.1, -0.05) is 18.2 Å². The summed E-state index contributed by atoms with van der Waals surface area (Å²) in [7, 11) is 0. The van der Waals surface area contributed by atoms with Crippen LogP contribution in [0.1, 0.15) is 11.1 Å². The first-order chi connectivity index (χ1) is 8.28. The van der Waals surface area contributed by atoms with Gasteiger partial charge in [-0.15, -0.1) is 11.8 Å². The second-order valence-electron chi connectivity index (χ2n) is 3.67. The maximum absolute atomic E-state index is 8.81. The summed E-state index contributed by atoms with van der Waals surface area (Å²) in [6, 6.07) is 17.6. The molecule has 0 bridgehead atoms. The van der Waals surface area contributed by atoms with Crippen molar-refractivity contribution in [2.75, 3.05) is 5.73 Å². The Morgan fingerprint density at radius 3 is 2.71 bits per heavy atom. The Morgan fingerprint density at radius 1 is 1.12 bits per heavy atom. The summed E-state index contributed by atoms with van der Waals surface area (Å²) in [6.45, 7) is 0. The number of thioether (sulfide) groups is 1. The van der Waals surface area contributed by atoms with Gasteiger partial charge in [0, 0.05) is 16.3 Å². The lowest BCUT2D eigenvalue weighted by molar-refractivity contribution is 1.36. The first-order valence-corrected chi connectivity index (χ1v) is 6.24. The van der Waals surface area contributed by atoms with E-state index in [1.807, 2.05) is 48.5 Å². The average molecular weight is 240 g/mol. The highest BCUT2D eigenvalue weighted by molar-refractivity contribution is 7.98. The van der Waals surface area contributed by atoms with Crippen molar-refractivity contribution in [3.05, 3.63) is 59.7 Å². The van der Waals surface area contributed by atoms with Gasteiger partial charge in [0.2, 0.25) is 0 Å². The second kappa shape index (κ2) is 5.42. The van der Waals surface area contributed by atoms with E-state index in [0.29, 0.717) is 5.56 Å². The van der Waals surface area contributed by atoms with Gasteiger partial charge < -0.3 is 5.73 Å². The van der Waals surface area contributed by atoms with Gasteiger partial charge in [-0.3, -0.25) is 0 Å². The summed E-state index contributed by atoms with van der Waals surface area (Å²) in [5.41, 5.74) is 8.35. The lowest BCUT2D eigenvalue weighted by Crippen LogP contribution is -1.85. The Hall–Kier alpha value is -1.92. The summed E-state index contributed by atoms with van der Waals surface area (Å²) in [5, 5.41) is 8.81. The molecule has 0 fully saturated rings. The summed E-state index contributed by atoms with van der Waals surface area (Å²) < 4.78 is 0. The lowest BCUT2D eigenvalue weighted by Gasteiger charge is -2.03. The molecule has 0 saturated heterocycles. The number of nitrogens with zero attached hydrogens (tertiary/aromatic N) is 1. The predicted octanol–water partition coefficient (Wildman–Crippen LogP) is 3.43. The number of nitrogens with two attached hydrogens (primary N) is 1. The molecule has 2 nitrogen and oxygen atoms in total. The van der Waals surface area contributed by atoms with Crippen LogP contribution in [0.5, 0.6) is 0 Å². The van der Waals surface area contributed by atoms with Gasteiger partial charge >= 0.3 is 0 Å². The molecule has 17 heavy (non-hydrogen) atoms. The van der Waals surface area contributed by atoms with Crippen molar-refractivity contribution in [2.45, 2.75) is 10.6 Å². The molecule has 2 aromatic rings. The Labute approximate surface area is 105 Å². The van der Waals surface area contributed by atoms with Gasteiger partial charge in [0.15, 0.2) is 0 Å². The second-order valence-corrected chi connectivity index (χ2v) is 4.72. The van der Waals surface area contributed by atoms with Gasteiger partial charge in [-0.05, 0) is 35.9 Å². The Kier molecular flexibility index (Phi) is 3.69. The quantitative estimate of drug-likeness (QED) is 0.660. The smallest absolute Gasteiger partial charge is 0.0991 e. The molecule has 0 aliphatic carbocycles. The van der Waals surface area contributed by atoms with Crippen LogP contribution in [0.25, 0.3) is 0 Å². The van der Waals surface area contributed by atoms with Crippen LogP contribution in [0.3, 0.4) is 0 Å². The zero-order valence-corrected chi connectivity index (χ0v) is 10.1. The minimum atomic E-state index is 0.704. The predicted molar refractivity (Wildman–Crippen MR) is 71.6 cm³/mol. The Bertz CT molecular complexity index is 558. The molecule has 0 aromatic heterocycles. The maximum atomic E-state index is 8.81. The summed E-state index contributed by atoms with van der Waals surface area (Å²) in [4.78, 5) is 1.15. The van der Waals surface area contributed by atoms with Crippen LogP contribution in [-0.2, 0) is 5.75 Å². The van der Waals surface area contributed by atoms with Crippen molar-refractivity contribution in [1.82, 2.24) is 0 Å². The fourth-order valence-electron chi connectivity index (χ4n) is 1.50. The van der Waals surface area contributed by atoms with Gasteiger partial charge in [0.1, 0.15) is 0 Å². The van der Waals surface area contributed by atoms with Crippen molar-refractivity contribution in [3.8, 4) is 6.07 Å². The SMILES string of the molecule is N#Cc1cccc(CSc2cccc(N)c2)c1. The highest BCUT2D eigenvalue weighted by Crippen LogP contribution is 2.24. The fraction of sp³-hybridized carbons (Fsp3) is 0.0714. The van der Waals surface area contributed by atoms with Crippen molar-refractivity contribution in [3.63, 3.8) is 0 Å². The molecule has 0 spiro atoms. The molecule has 0 unspecified atom stereocenters. The molecule has 0 radical (unpaired) electrons. The van der Waals surface area contributed by atoms with Crippen molar-refractivity contribution < 1.29 is 0 Å². The molecule has 0 heterocycles. The van der Waals surface area contributed by atoms with Gasteiger partial charge in [-0.25, -0.2) is 0 Å². The summed E-state index contributed by atoms with van der Waals surface area (Å²) in [5.74, 6) is 0.846. The van der Waals surface area contributed by atoms with Crippen LogP contribution in [0, 0.1) is 11.3 Å². The molecular formula is C14H12N2S. The highest BCUT2D eigenvalue weighted by atomic mass is 32.2. The largest absolute Gasteiger partial charge is 0.399 e. The van der Waals surface area contributed by atoms with E-state index in [1.165, 1.54) is 0 Å². The number of nitrogen functional groups attached to an aromatic ring is 1. The number of rotatable bonds is 3. The average Bonchev–Trinajstić information content (AvgIpc) is 2.37. The molecule has 2 rings (SSSR count). The van der Waals surface area contributed by atoms with Crippen LogP contribution in [0.15, 0.2) is 53.4 Å². The van der Waals surface area contributed by atoms with E-state index in [1.54, 1.807) is 11.8 Å². The van der Waals surface area contributed by atoms with Crippen LogP contribution in [0.4, 0.5) is 5.69 Å². The molecule has 84 valence electrons. The van der Waals surface area contributed by atoms with E-state index in [4.69, 9.17) is 11.0 Å². The normalized spacial score (nSPS) is 9.82. The molecule has 3 heteroatoms. The van der Waals surface area contributed by atoms with Crippen molar-refractivity contribution in [2.24, 2.45) is 0 Å². The first-order valence-electron chi connectivity index (χ1n) is 5.25. The molecule has 0 aliphatic heterocycles. The Morgan fingerprint density at radius 2 is 1.94 bits per heavy atom. The van der Waals surface area contributed by atoms with Gasteiger partial charge in [-0.2, -0.15) is 5.26 Å². The third kappa shape index (κ3) is 3.27.